The minimum atomic E-state index is -1.82. The minimum Gasteiger partial charge on any atom is -0.497 e. The maximum absolute atomic E-state index is 12.1. The number of hydrogen-bond donors (Lipinski definition) is 2. The first kappa shape index (κ1) is 20.5. The summed E-state index contributed by atoms with van der Waals surface area (Å²) in [6, 6.07) is 5.48. The van der Waals surface area contributed by atoms with Gasteiger partial charge in [0.05, 0.1) is 23.4 Å². The number of hydrogen-bond acceptors (Lipinski definition) is 7. The van der Waals surface area contributed by atoms with Gasteiger partial charge in [-0.3, -0.25) is 5.32 Å². The number of nitrogens with zero attached hydrogens (tertiary/aromatic N) is 1. The number of ether oxygens (including phenoxy) is 3. The average molecular weight is 455 g/mol. The molecule has 2 N–H and O–H groups in total. The average Bonchev–Trinajstić information content (AvgIpc) is 3.27. The number of nitrogens with one attached hydrogen (secondary N) is 2. The van der Waals surface area contributed by atoms with Crippen LogP contribution in [0.1, 0.15) is 12.8 Å². The molecule has 1 aromatic heterocycles. The van der Waals surface area contributed by atoms with Gasteiger partial charge in [0, 0.05) is 6.61 Å². The van der Waals surface area contributed by atoms with Gasteiger partial charge in [-0.1, -0.05) is 46.1 Å². The van der Waals surface area contributed by atoms with Gasteiger partial charge in [-0.15, -0.1) is 0 Å². The quantitative estimate of drug-likeness (QED) is 0.500. The van der Waals surface area contributed by atoms with E-state index < -0.39 is 16.1 Å². The zero-order valence-electron chi connectivity index (χ0n) is 14.3. The lowest BCUT2D eigenvalue weighted by atomic mass is 10.2. The molecule has 1 amide bonds. The van der Waals surface area contributed by atoms with Crippen LogP contribution in [0.3, 0.4) is 0 Å². The number of benzene rings is 1. The van der Waals surface area contributed by atoms with Gasteiger partial charge >= 0.3 is 6.09 Å². The summed E-state index contributed by atoms with van der Waals surface area (Å²) < 4.78 is 14.8. The summed E-state index contributed by atoms with van der Waals surface area (Å²) in [4.78, 5) is 16.5. The van der Waals surface area contributed by atoms with Gasteiger partial charge < -0.3 is 19.5 Å². The van der Waals surface area contributed by atoms with Crippen LogP contribution in [0.5, 0.6) is 5.75 Å². The van der Waals surface area contributed by atoms with Crippen molar-refractivity contribution in [3.63, 3.8) is 0 Å². The first-order chi connectivity index (χ1) is 12.8. The monoisotopic (exact) mass is 453 g/mol. The first-order valence-corrected chi connectivity index (χ1v) is 10.1. The number of rotatable bonds is 6. The Labute approximate surface area is 175 Å². The molecule has 7 nitrogen and oxygen atoms in total. The van der Waals surface area contributed by atoms with Gasteiger partial charge in [-0.2, -0.15) is 0 Å². The second-order valence-corrected chi connectivity index (χ2v) is 9.25. The molecule has 0 aliphatic carbocycles. The fourth-order valence-electron chi connectivity index (χ4n) is 2.52. The third-order valence-corrected chi connectivity index (χ3v) is 5.48. The molecule has 2 atom stereocenters. The van der Waals surface area contributed by atoms with Crippen molar-refractivity contribution in [1.29, 1.82) is 0 Å². The number of fused-ring (bicyclic) bond motifs is 1. The normalized spacial score (nSPS) is 18.3. The fourth-order valence-corrected chi connectivity index (χ4v) is 3.77. The number of carbonyl (C=O) groups excluding carboxylic acids is 1. The van der Waals surface area contributed by atoms with Crippen molar-refractivity contribution in [2.45, 2.75) is 28.9 Å². The number of thiazole rings is 1. The van der Waals surface area contributed by atoms with Crippen molar-refractivity contribution in [2.24, 2.45) is 0 Å². The molecule has 148 valence electrons. The number of alkyl halides is 3. The van der Waals surface area contributed by atoms with Gasteiger partial charge in [0.2, 0.25) is 3.79 Å². The second kappa shape index (κ2) is 8.87. The van der Waals surface area contributed by atoms with Crippen LogP contribution in [0.15, 0.2) is 18.2 Å². The zero-order valence-corrected chi connectivity index (χ0v) is 17.4. The Morgan fingerprint density at radius 1 is 1.48 bits per heavy atom. The molecule has 0 spiro atoms. The van der Waals surface area contributed by atoms with E-state index in [2.05, 4.69) is 15.6 Å². The number of anilines is 1. The van der Waals surface area contributed by atoms with Crippen LogP contribution in [0.4, 0.5) is 9.93 Å². The molecule has 1 aromatic carbocycles. The van der Waals surface area contributed by atoms with Crippen molar-refractivity contribution >= 4 is 67.6 Å². The summed E-state index contributed by atoms with van der Waals surface area (Å²) in [6.07, 6.45) is -0.0291. The van der Waals surface area contributed by atoms with Crippen LogP contribution in [-0.2, 0) is 9.47 Å². The van der Waals surface area contributed by atoms with Crippen molar-refractivity contribution in [3.05, 3.63) is 18.2 Å². The highest BCUT2D eigenvalue weighted by molar-refractivity contribution is 7.22. The van der Waals surface area contributed by atoms with Crippen molar-refractivity contribution < 1.29 is 19.0 Å². The predicted molar refractivity (Wildman–Crippen MR) is 107 cm³/mol. The molecule has 0 radical (unpaired) electrons. The second-order valence-electron chi connectivity index (χ2n) is 5.85. The van der Waals surface area contributed by atoms with Gasteiger partial charge in [0.25, 0.3) is 0 Å². The topological polar surface area (TPSA) is 81.7 Å². The van der Waals surface area contributed by atoms with E-state index in [0.717, 1.165) is 23.1 Å². The van der Waals surface area contributed by atoms with E-state index >= 15 is 0 Å². The molecule has 2 aromatic rings. The van der Waals surface area contributed by atoms with Gasteiger partial charge in [-0.25, -0.2) is 9.78 Å². The number of aromatic nitrogens is 1. The molecule has 1 fully saturated rings. The van der Waals surface area contributed by atoms with Crippen LogP contribution >= 0.6 is 46.1 Å². The van der Waals surface area contributed by atoms with E-state index in [1.54, 1.807) is 13.2 Å². The van der Waals surface area contributed by atoms with Crippen molar-refractivity contribution in [3.8, 4) is 5.75 Å². The lowest BCUT2D eigenvalue weighted by Gasteiger charge is -2.26. The van der Waals surface area contributed by atoms with E-state index in [1.807, 2.05) is 12.1 Å². The number of carbonyl (C=O) groups is 1. The van der Waals surface area contributed by atoms with Crippen LogP contribution in [0.25, 0.3) is 10.2 Å². The van der Waals surface area contributed by atoms with Gasteiger partial charge in [0.1, 0.15) is 12.4 Å². The maximum Gasteiger partial charge on any atom is 0.408 e. The number of halogens is 3. The molecule has 1 aliphatic heterocycles. The molecule has 0 unspecified atom stereocenters. The highest BCUT2D eigenvalue weighted by Crippen LogP contribution is 2.34. The molecular formula is C16H18Cl3N3O4S. The Morgan fingerprint density at radius 3 is 2.96 bits per heavy atom. The summed E-state index contributed by atoms with van der Waals surface area (Å²) in [7, 11) is 1.59. The van der Waals surface area contributed by atoms with Crippen molar-refractivity contribution in [2.75, 3.05) is 25.6 Å². The molecule has 0 saturated carbocycles. The van der Waals surface area contributed by atoms with Crippen LogP contribution < -0.4 is 15.4 Å². The lowest BCUT2D eigenvalue weighted by molar-refractivity contribution is 0.0432. The van der Waals surface area contributed by atoms with Crippen molar-refractivity contribution in [1.82, 2.24) is 10.3 Å². The fraction of sp³-hybridized carbons (Fsp3) is 0.500. The molecule has 1 aliphatic rings. The lowest BCUT2D eigenvalue weighted by Crippen LogP contribution is -2.49. The largest absolute Gasteiger partial charge is 0.497 e. The van der Waals surface area contributed by atoms with Crippen LogP contribution in [0.2, 0.25) is 0 Å². The highest BCUT2D eigenvalue weighted by atomic mass is 35.6. The summed E-state index contributed by atoms with van der Waals surface area (Å²) in [5, 5.41) is 5.93. The highest BCUT2D eigenvalue weighted by Gasteiger charge is 2.35. The Hall–Kier alpha value is -1.19. The van der Waals surface area contributed by atoms with E-state index in [0.29, 0.717) is 17.5 Å². The van der Waals surface area contributed by atoms with Crippen LogP contribution in [-0.4, -0.2) is 47.5 Å². The Balaban J connectivity index is 1.65. The molecule has 0 bridgehead atoms. The molecule has 3 rings (SSSR count). The third-order valence-electron chi connectivity index (χ3n) is 3.88. The molecule has 11 heteroatoms. The van der Waals surface area contributed by atoms with E-state index in [1.165, 1.54) is 11.3 Å². The third kappa shape index (κ3) is 5.65. The maximum atomic E-state index is 12.1. The van der Waals surface area contributed by atoms with Crippen LogP contribution in [0, 0.1) is 0 Å². The van der Waals surface area contributed by atoms with E-state index in [-0.39, 0.29) is 12.7 Å². The van der Waals surface area contributed by atoms with E-state index in [4.69, 9.17) is 49.0 Å². The first-order valence-electron chi connectivity index (χ1n) is 8.18. The molecule has 2 heterocycles. The molecular weight excluding hydrogens is 437 g/mol. The zero-order chi connectivity index (χ0) is 19.4. The Morgan fingerprint density at radius 2 is 2.30 bits per heavy atom. The molecule has 1 saturated heterocycles. The predicted octanol–water partition coefficient (Wildman–Crippen LogP) is 4.32. The summed E-state index contributed by atoms with van der Waals surface area (Å²) in [5.74, 6) is 0.714. The van der Waals surface area contributed by atoms with E-state index in [9.17, 15) is 4.79 Å². The standard InChI is InChI=1S/C16H18Cl3N3O4S/c1-24-9-4-5-11-12(7-9)27-14(20-11)21-13(16(17,18)19)22-15(23)26-8-10-3-2-6-25-10/h4-5,7,10,13H,2-3,6,8H2,1H3,(H,20,21)(H,22,23)/t10-,13+/m0/s1. The smallest absolute Gasteiger partial charge is 0.408 e. The number of methoxy groups -OCH3 is 1. The van der Waals surface area contributed by atoms with Gasteiger partial charge in [-0.05, 0) is 31.0 Å². The van der Waals surface area contributed by atoms with Gasteiger partial charge in [0.15, 0.2) is 11.3 Å². The molecule has 27 heavy (non-hydrogen) atoms. The summed E-state index contributed by atoms with van der Waals surface area (Å²) in [5.41, 5.74) is 0.757. The number of amides is 1. The Kier molecular flexibility index (Phi) is 6.75. The minimum absolute atomic E-state index is 0.0887. The summed E-state index contributed by atoms with van der Waals surface area (Å²) in [6.45, 7) is 0.829. The number of alkyl carbamates (subject to hydrolysis) is 1. The Bertz CT molecular complexity index is 793. The SMILES string of the molecule is COc1ccc2nc(N[C@H](NC(=O)OC[C@@H]3CCCO3)C(Cl)(Cl)Cl)sc2c1. The summed E-state index contributed by atoms with van der Waals surface area (Å²) >= 11 is 19.3.